The lowest BCUT2D eigenvalue weighted by Crippen LogP contribution is -2.31. The van der Waals surface area contributed by atoms with Crippen molar-refractivity contribution >= 4 is 17.7 Å². The van der Waals surface area contributed by atoms with Crippen molar-refractivity contribution in [3.05, 3.63) is 88.7 Å². The van der Waals surface area contributed by atoms with Gasteiger partial charge in [0, 0.05) is 22.5 Å². The monoisotopic (exact) mass is 432 g/mol. The van der Waals surface area contributed by atoms with Crippen LogP contribution in [0.1, 0.15) is 37.7 Å². The second-order valence-corrected chi connectivity index (χ2v) is 7.78. The van der Waals surface area contributed by atoms with E-state index in [4.69, 9.17) is 9.47 Å². The maximum absolute atomic E-state index is 12.7. The number of nitrogens with one attached hydrogen (secondary N) is 1. The minimum atomic E-state index is -0.459. The molecule has 1 aliphatic heterocycles. The van der Waals surface area contributed by atoms with Crippen molar-refractivity contribution in [2.24, 2.45) is 5.92 Å². The first kappa shape index (κ1) is 21.4. The molecule has 0 saturated carbocycles. The Bertz CT molecular complexity index is 1170. The first-order valence-electron chi connectivity index (χ1n) is 10.4. The molecule has 1 unspecified atom stereocenters. The van der Waals surface area contributed by atoms with Gasteiger partial charge in [-0.3, -0.25) is 24.5 Å². The van der Waals surface area contributed by atoms with Crippen LogP contribution in [0.3, 0.4) is 0 Å². The molecule has 0 aliphatic carbocycles. The molecule has 7 heteroatoms. The second-order valence-electron chi connectivity index (χ2n) is 7.78. The fraction of sp³-hybridized carbons (Fsp3) is 0.240. The fourth-order valence-electron chi connectivity index (χ4n) is 3.78. The Kier molecular flexibility index (Phi) is 6.07. The Balaban J connectivity index is 1.38. The van der Waals surface area contributed by atoms with E-state index in [1.165, 1.54) is 0 Å². The molecule has 164 valence electrons. The molecule has 1 aliphatic rings. The van der Waals surface area contributed by atoms with Crippen molar-refractivity contribution in [3.63, 3.8) is 0 Å². The zero-order chi connectivity index (χ0) is 22.7. The molecule has 3 aromatic rings. The Hall–Kier alpha value is -3.87. The molecular formula is C25H24N2O5. The third-order valence-electron chi connectivity index (χ3n) is 5.54. The summed E-state index contributed by atoms with van der Waals surface area (Å²) in [6.07, 6.45) is 0.517. The van der Waals surface area contributed by atoms with E-state index in [1.54, 1.807) is 48.9 Å². The van der Waals surface area contributed by atoms with E-state index in [0.717, 1.165) is 11.3 Å². The summed E-state index contributed by atoms with van der Waals surface area (Å²) in [6.45, 7) is 3.38. The van der Waals surface area contributed by atoms with Crippen molar-refractivity contribution in [2.75, 3.05) is 18.6 Å². The largest absolute Gasteiger partial charge is 0.492 e. The number of hydrogen-bond acceptors (Lipinski definition) is 5. The first-order valence-corrected chi connectivity index (χ1v) is 10.4. The third kappa shape index (κ3) is 4.42. The van der Waals surface area contributed by atoms with Gasteiger partial charge in [0.05, 0.1) is 5.92 Å². The molecule has 0 fully saturated rings. The summed E-state index contributed by atoms with van der Waals surface area (Å²) < 4.78 is 12.5. The lowest BCUT2D eigenvalue weighted by atomic mass is 9.97. The highest BCUT2D eigenvalue weighted by molar-refractivity contribution is 6.01. The first-order chi connectivity index (χ1) is 15.4. The van der Waals surface area contributed by atoms with Crippen LogP contribution in [-0.4, -0.2) is 35.5 Å². The van der Waals surface area contributed by atoms with Gasteiger partial charge in [-0.1, -0.05) is 36.4 Å². The quantitative estimate of drug-likeness (QED) is 0.476. The number of ether oxygens (including phenoxy) is 2. The average Bonchev–Trinajstić information content (AvgIpc) is 3.10. The number of amides is 1. The number of para-hydroxylation sites is 1. The number of ketones is 1. The molecule has 2 heterocycles. The van der Waals surface area contributed by atoms with E-state index in [0.29, 0.717) is 28.9 Å². The molecule has 0 radical (unpaired) electrons. The minimum Gasteiger partial charge on any atom is -0.492 e. The SMILES string of the molecule is Cc1cc(C(=O)COC(=O)C2COc3ccccc3C2)c(C)n1NC(=O)c1ccccc1. The number of hydrogen-bond donors (Lipinski definition) is 1. The minimum absolute atomic E-state index is 0.226. The number of carbonyl (C=O) groups is 3. The third-order valence-corrected chi connectivity index (χ3v) is 5.54. The number of esters is 1. The summed E-state index contributed by atoms with van der Waals surface area (Å²) in [5, 5.41) is 0. The maximum Gasteiger partial charge on any atom is 0.313 e. The Morgan fingerprint density at radius 1 is 1.06 bits per heavy atom. The van der Waals surface area contributed by atoms with Crippen LogP contribution in [0.2, 0.25) is 0 Å². The summed E-state index contributed by atoms with van der Waals surface area (Å²) in [7, 11) is 0. The van der Waals surface area contributed by atoms with Gasteiger partial charge in [-0.2, -0.15) is 0 Å². The predicted octanol–water partition coefficient (Wildman–Crippen LogP) is 3.47. The molecule has 0 bridgehead atoms. The predicted molar refractivity (Wildman–Crippen MR) is 118 cm³/mol. The highest BCUT2D eigenvalue weighted by Crippen LogP contribution is 2.27. The second kappa shape index (κ2) is 9.09. The summed E-state index contributed by atoms with van der Waals surface area (Å²) in [6, 6.07) is 18.1. The van der Waals surface area contributed by atoms with Crippen LogP contribution in [0.4, 0.5) is 0 Å². The van der Waals surface area contributed by atoms with Gasteiger partial charge >= 0.3 is 5.97 Å². The molecule has 32 heavy (non-hydrogen) atoms. The van der Waals surface area contributed by atoms with Crippen LogP contribution >= 0.6 is 0 Å². The molecule has 1 atom stereocenters. The van der Waals surface area contributed by atoms with E-state index < -0.39 is 11.9 Å². The van der Waals surface area contributed by atoms with Gasteiger partial charge in [0.25, 0.3) is 5.91 Å². The average molecular weight is 432 g/mol. The van der Waals surface area contributed by atoms with Gasteiger partial charge < -0.3 is 9.47 Å². The molecule has 0 spiro atoms. The van der Waals surface area contributed by atoms with Gasteiger partial charge in [0.1, 0.15) is 12.4 Å². The van der Waals surface area contributed by atoms with E-state index in [1.807, 2.05) is 30.3 Å². The van der Waals surface area contributed by atoms with Crippen molar-refractivity contribution in [3.8, 4) is 5.75 Å². The van der Waals surface area contributed by atoms with Gasteiger partial charge in [-0.25, -0.2) is 0 Å². The smallest absolute Gasteiger partial charge is 0.313 e. The van der Waals surface area contributed by atoms with Crippen molar-refractivity contribution < 1.29 is 23.9 Å². The zero-order valence-corrected chi connectivity index (χ0v) is 18.0. The standard InChI is InChI=1S/C25H24N2O5/c1-16-12-21(17(2)27(16)26-24(29)18-8-4-3-5-9-18)22(28)15-32-25(30)20-13-19-10-6-7-11-23(19)31-14-20/h3-12,20H,13-15H2,1-2H3,(H,26,29). The highest BCUT2D eigenvalue weighted by Gasteiger charge is 2.28. The summed E-state index contributed by atoms with van der Waals surface area (Å²) in [5.41, 5.74) is 5.92. The number of carbonyl (C=O) groups excluding carboxylic acids is 3. The topological polar surface area (TPSA) is 86.6 Å². The molecule has 1 aromatic heterocycles. The summed E-state index contributed by atoms with van der Waals surface area (Å²) >= 11 is 0. The molecular weight excluding hydrogens is 408 g/mol. The molecule has 4 rings (SSSR count). The van der Waals surface area contributed by atoms with E-state index >= 15 is 0 Å². The summed E-state index contributed by atoms with van der Waals surface area (Å²) in [4.78, 5) is 37.7. The highest BCUT2D eigenvalue weighted by atomic mass is 16.5. The zero-order valence-electron chi connectivity index (χ0n) is 18.0. The Morgan fingerprint density at radius 3 is 2.56 bits per heavy atom. The van der Waals surface area contributed by atoms with Crippen molar-refractivity contribution in [1.82, 2.24) is 4.68 Å². The van der Waals surface area contributed by atoms with Crippen LogP contribution in [0.5, 0.6) is 5.75 Å². The molecule has 0 saturated heterocycles. The van der Waals surface area contributed by atoms with Gasteiger partial charge in [0.15, 0.2) is 6.61 Å². The number of aryl methyl sites for hydroxylation is 1. The number of Topliss-reactive ketones (excluding diaryl/α,β-unsaturated/α-hetero) is 1. The number of nitrogens with zero attached hydrogens (tertiary/aromatic N) is 1. The normalized spacial score (nSPS) is 14.8. The van der Waals surface area contributed by atoms with E-state index in [9.17, 15) is 14.4 Å². The maximum atomic E-state index is 12.7. The van der Waals surface area contributed by atoms with Gasteiger partial charge in [0.2, 0.25) is 5.78 Å². The lowest BCUT2D eigenvalue weighted by molar-refractivity contribution is -0.148. The van der Waals surface area contributed by atoms with Crippen LogP contribution in [0, 0.1) is 19.8 Å². The molecule has 1 amide bonds. The van der Waals surface area contributed by atoms with E-state index in [2.05, 4.69) is 5.43 Å². The number of benzene rings is 2. The molecule has 2 aromatic carbocycles. The number of aromatic nitrogens is 1. The molecule has 1 N–H and O–H groups in total. The van der Waals surface area contributed by atoms with E-state index in [-0.39, 0.29) is 24.9 Å². The summed E-state index contributed by atoms with van der Waals surface area (Å²) in [5.74, 6) is -0.744. The van der Waals surface area contributed by atoms with Gasteiger partial charge in [-0.05, 0) is 50.1 Å². The van der Waals surface area contributed by atoms with Crippen LogP contribution in [-0.2, 0) is 16.0 Å². The lowest BCUT2D eigenvalue weighted by Gasteiger charge is -2.23. The van der Waals surface area contributed by atoms with Crippen LogP contribution < -0.4 is 10.2 Å². The van der Waals surface area contributed by atoms with Crippen LogP contribution in [0.25, 0.3) is 0 Å². The van der Waals surface area contributed by atoms with Gasteiger partial charge in [-0.15, -0.1) is 0 Å². The molecule has 7 nitrogen and oxygen atoms in total. The van der Waals surface area contributed by atoms with Crippen molar-refractivity contribution in [1.29, 1.82) is 0 Å². The number of fused-ring (bicyclic) bond motifs is 1. The Morgan fingerprint density at radius 2 is 1.78 bits per heavy atom. The Labute approximate surface area is 185 Å². The van der Waals surface area contributed by atoms with Crippen molar-refractivity contribution in [2.45, 2.75) is 20.3 Å². The fourth-order valence-corrected chi connectivity index (χ4v) is 3.78. The van der Waals surface area contributed by atoms with Crippen LogP contribution in [0.15, 0.2) is 60.7 Å². The number of rotatable bonds is 6.